The fraction of sp³-hybridized carbons (Fsp3) is 0.333. The summed E-state index contributed by atoms with van der Waals surface area (Å²) in [5, 5.41) is 3.36. The normalized spacial score (nSPS) is 15.4. The molecule has 0 saturated carbocycles. The van der Waals surface area contributed by atoms with Gasteiger partial charge >= 0.3 is 0 Å². The molecule has 1 amide bonds. The predicted octanol–water partition coefficient (Wildman–Crippen LogP) is 3.28. The summed E-state index contributed by atoms with van der Waals surface area (Å²) in [5.74, 6) is -0.000668. The molecule has 1 aromatic carbocycles. The topological polar surface area (TPSA) is 48.5 Å². The van der Waals surface area contributed by atoms with Crippen molar-refractivity contribution in [3.63, 3.8) is 0 Å². The van der Waals surface area contributed by atoms with Crippen LogP contribution in [-0.4, -0.2) is 53.9 Å². The van der Waals surface area contributed by atoms with Crippen LogP contribution in [0.15, 0.2) is 41.0 Å². The molecule has 0 unspecified atom stereocenters. The Kier molecular flexibility index (Phi) is 5.16. The van der Waals surface area contributed by atoms with Gasteiger partial charge in [0.15, 0.2) is 0 Å². The number of piperazine rings is 1. The number of anilines is 2. The van der Waals surface area contributed by atoms with Crippen LogP contribution in [0.4, 0.5) is 11.4 Å². The predicted molar refractivity (Wildman–Crippen MR) is 99.8 cm³/mol. The Morgan fingerprint density at radius 2 is 1.92 bits per heavy atom. The molecule has 24 heavy (non-hydrogen) atoms. The van der Waals surface area contributed by atoms with Crippen LogP contribution < -0.4 is 5.32 Å². The standard InChI is InChI=1S/C18H21BrN4O/c1-13-11-14(19)3-4-16(13)21-15-5-6-20-17(12-15)18(24)23-9-7-22(2)8-10-23/h3-6,11-12H,7-10H2,1-2H3,(H,20,21). The number of carbonyl (C=O) groups is 1. The minimum Gasteiger partial charge on any atom is -0.355 e. The molecule has 1 saturated heterocycles. The number of carbonyl (C=O) groups excluding carboxylic acids is 1. The third kappa shape index (κ3) is 3.94. The number of benzene rings is 1. The van der Waals surface area contributed by atoms with E-state index in [0.29, 0.717) is 5.69 Å². The molecular formula is C18H21BrN4O. The molecule has 126 valence electrons. The average molecular weight is 389 g/mol. The zero-order chi connectivity index (χ0) is 17.1. The third-order valence-electron chi connectivity index (χ3n) is 4.24. The number of aryl methyl sites for hydroxylation is 1. The van der Waals surface area contributed by atoms with E-state index in [2.05, 4.69) is 44.2 Å². The Morgan fingerprint density at radius 3 is 2.62 bits per heavy atom. The van der Waals surface area contributed by atoms with Gasteiger partial charge in [-0.15, -0.1) is 0 Å². The van der Waals surface area contributed by atoms with Gasteiger partial charge in [0.2, 0.25) is 0 Å². The molecule has 1 aromatic heterocycles. The van der Waals surface area contributed by atoms with Gasteiger partial charge < -0.3 is 15.1 Å². The highest BCUT2D eigenvalue weighted by atomic mass is 79.9. The van der Waals surface area contributed by atoms with Crippen molar-refractivity contribution in [3.8, 4) is 0 Å². The van der Waals surface area contributed by atoms with Crippen LogP contribution in [0.1, 0.15) is 16.1 Å². The number of hydrogen-bond donors (Lipinski definition) is 1. The summed E-state index contributed by atoms with van der Waals surface area (Å²) < 4.78 is 1.05. The summed E-state index contributed by atoms with van der Waals surface area (Å²) >= 11 is 3.47. The molecule has 0 aliphatic carbocycles. The number of nitrogens with one attached hydrogen (secondary N) is 1. The third-order valence-corrected chi connectivity index (χ3v) is 4.73. The van der Waals surface area contributed by atoms with E-state index in [1.807, 2.05) is 36.1 Å². The second-order valence-corrected chi connectivity index (χ2v) is 7.03. The van der Waals surface area contributed by atoms with Gasteiger partial charge in [0, 0.05) is 48.2 Å². The van der Waals surface area contributed by atoms with E-state index >= 15 is 0 Å². The number of rotatable bonds is 3. The maximum Gasteiger partial charge on any atom is 0.272 e. The fourth-order valence-corrected chi connectivity index (χ4v) is 3.20. The van der Waals surface area contributed by atoms with Crippen molar-refractivity contribution in [1.29, 1.82) is 0 Å². The Hall–Kier alpha value is -1.92. The second kappa shape index (κ2) is 7.32. The number of amides is 1. The van der Waals surface area contributed by atoms with Crippen molar-refractivity contribution in [2.24, 2.45) is 0 Å². The molecule has 0 bridgehead atoms. The minimum absolute atomic E-state index is 0.000668. The van der Waals surface area contributed by atoms with Gasteiger partial charge in [-0.2, -0.15) is 0 Å². The summed E-state index contributed by atoms with van der Waals surface area (Å²) in [6, 6.07) is 9.76. The molecule has 6 heteroatoms. The Bertz CT molecular complexity index is 742. The molecule has 3 rings (SSSR count). The van der Waals surface area contributed by atoms with E-state index in [4.69, 9.17) is 0 Å². The first-order valence-corrected chi connectivity index (χ1v) is 8.79. The molecular weight excluding hydrogens is 368 g/mol. The van der Waals surface area contributed by atoms with E-state index in [1.165, 1.54) is 0 Å². The first-order valence-electron chi connectivity index (χ1n) is 8.00. The summed E-state index contributed by atoms with van der Waals surface area (Å²) in [6.45, 7) is 5.36. The van der Waals surface area contributed by atoms with Gasteiger partial charge in [-0.05, 0) is 49.9 Å². The number of aromatic nitrogens is 1. The van der Waals surface area contributed by atoms with E-state index in [-0.39, 0.29) is 5.91 Å². The summed E-state index contributed by atoms with van der Waals surface area (Å²) in [5.41, 5.74) is 3.50. The Morgan fingerprint density at radius 1 is 1.17 bits per heavy atom. The van der Waals surface area contributed by atoms with Crippen LogP contribution in [-0.2, 0) is 0 Å². The van der Waals surface area contributed by atoms with Gasteiger partial charge in [-0.3, -0.25) is 9.78 Å². The largest absolute Gasteiger partial charge is 0.355 e. The monoisotopic (exact) mass is 388 g/mol. The maximum atomic E-state index is 12.6. The fourth-order valence-electron chi connectivity index (χ4n) is 2.72. The zero-order valence-electron chi connectivity index (χ0n) is 13.9. The SMILES string of the molecule is Cc1cc(Br)ccc1Nc1ccnc(C(=O)N2CCN(C)CC2)c1. The van der Waals surface area contributed by atoms with Crippen molar-refractivity contribution in [1.82, 2.24) is 14.8 Å². The van der Waals surface area contributed by atoms with Crippen LogP contribution in [0.3, 0.4) is 0 Å². The summed E-state index contributed by atoms with van der Waals surface area (Å²) in [4.78, 5) is 21.0. The average Bonchev–Trinajstić information content (AvgIpc) is 2.58. The molecule has 2 heterocycles. The number of likely N-dealkylation sites (N-methyl/N-ethyl adjacent to an activating group) is 1. The molecule has 1 aliphatic heterocycles. The molecule has 2 aromatic rings. The highest BCUT2D eigenvalue weighted by molar-refractivity contribution is 9.10. The second-order valence-electron chi connectivity index (χ2n) is 6.11. The first-order chi connectivity index (χ1) is 11.5. The van der Waals surface area contributed by atoms with Crippen LogP contribution in [0.2, 0.25) is 0 Å². The lowest BCUT2D eigenvalue weighted by molar-refractivity contribution is 0.0658. The lowest BCUT2D eigenvalue weighted by atomic mass is 10.2. The number of pyridine rings is 1. The van der Waals surface area contributed by atoms with Crippen LogP contribution >= 0.6 is 15.9 Å². The van der Waals surface area contributed by atoms with Crippen molar-refractivity contribution in [2.45, 2.75) is 6.92 Å². The molecule has 1 fully saturated rings. The van der Waals surface area contributed by atoms with Crippen LogP contribution in [0.5, 0.6) is 0 Å². The lowest BCUT2D eigenvalue weighted by Gasteiger charge is -2.32. The number of hydrogen-bond acceptors (Lipinski definition) is 4. The van der Waals surface area contributed by atoms with Crippen molar-refractivity contribution >= 4 is 33.2 Å². The maximum absolute atomic E-state index is 12.6. The van der Waals surface area contributed by atoms with Gasteiger partial charge in [0.25, 0.3) is 5.91 Å². The zero-order valence-corrected chi connectivity index (χ0v) is 15.5. The smallest absolute Gasteiger partial charge is 0.272 e. The van der Waals surface area contributed by atoms with Crippen LogP contribution in [0.25, 0.3) is 0 Å². The highest BCUT2D eigenvalue weighted by Gasteiger charge is 2.21. The van der Waals surface area contributed by atoms with Gasteiger partial charge in [-0.25, -0.2) is 0 Å². The molecule has 0 spiro atoms. The number of halogens is 1. The van der Waals surface area contributed by atoms with E-state index in [9.17, 15) is 4.79 Å². The quantitative estimate of drug-likeness (QED) is 0.876. The van der Waals surface area contributed by atoms with Crippen molar-refractivity contribution in [3.05, 3.63) is 52.3 Å². The summed E-state index contributed by atoms with van der Waals surface area (Å²) in [6.07, 6.45) is 1.68. The van der Waals surface area contributed by atoms with Crippen molar-refractivity contribution < 1.29 is 4.79 Å². The Balaban J connectivity index is 1.75. The lowest BCUT2D eigenvalue weighted by Crippen LogP contribution is -2.47. The molecule has 1 aliphatic rings. The molecule has 0 radical (unpaired) electrons. The van der Waals surface area contributed by atoms with Gasteiger partial charge in [0.05, 0.1) is 0 Å². The highest BCUT2D eigenvalue weighted by Crippen LogP contribution is 2.24. The summed E-state index contributed by atoms with van der Waals surface area (Å²) in [7, 11) is 2.07. The molecule has 1 N–H and O–H groups in total. The van der Waals surface area contributed by atoms with Gasteiger partial charge in [0.1, 0.15) is 5.69 Å². The van der Waals surface area contributed by atoms with E-state index in [0.717, 1.165) is 47.6 Å². The molecule has 5 nitrogen and oxygen atoms in total. The minimum atomic E-state index is -0.000668. The van der Waals surface area contributed by atoms with Gasteiger partial charge in [-0.1, -0.05) is 15.9 Å². The van der Waals surface area contributed by atoms with E-state index < -0.39 is 0 Å². The first kappa shape index (κ1) is 16.9. The molecule has 0 atom stereocenters. The number of nitrogens with zero attached hydrogens (tertiary/aromatic N) is 3. The van der Waals surface area contributed by atoms with Crippen LogP contribution in [0, 0.1) is 6.92 Å². The van der Waals surface area contributed by atoms with E-state index in [1.54, 1.807) is 6.20 Å². The van der Waals surface area contributed by atoms with Crippen molar-refractivity contribution in [2.75, 3.05) is 38.5 Å². The Labute approximate surface area is 150 Å².